The Morgan fingerprint density at radius 2 is 1.83 bits per heavy atom. The number of hydrogen-bond donors (Lipinski definition) is 0. The maximum atomic E-state index is 11.9. The molecule has 2 rings (SSSR count). The molecule has 1 aliphatic heterocycles. The average molecular weight is 290 g/mol. The zero-order valence-corrected chi connectivity index (χ0v) is 11.7. The van der Waals surface area contributed by atoms with E-state index in [1.807, 2.05) is 0 Å². The van der Waals surface area contributed by atoms with Crippen LogP contribution in [0.15, 0.2) is 24.3 Å². The van der Waals surface area contributed by atoms with Crippen molar-refractivity contribution in [2.24, 2.45) is 0 Å². The number of ketones is 1. The zero-order chi connectivity index (χ0) is 12.1. The van der Waals surface area contributed by atoms with Crippen LogP contribution in [0.4, 0.5) is 0 Å². The number of carbonyl (C=O) groups is 1. The highest BCUT2D eigenvalue weighted by atomic mass is 35.5. The molecule has 0 unspecified atom stereocenters. The minimum absolute atomic E-state index is 0. The van der Waals surface area contributed by atoms with Gasteiger partial charge in [0.15, 0.2) is 5.78 Å². The Labute approximate surface area is 118 Å². The summed E-state index contributed by atoms with van der Waals surface area (Å²) in [5.41, 5.74) is 0.739. The second kappa shape index (κ2) is 7.74. The van der Waals surface area contributed by atoms with Gasteiger partial charge in [-0.3, -0.25) is 9.69 Å². The molecular formula is C13H17Cl2NO2. The van der Waals surface area contributed by atoms with Gasteiger partial charge in [0.2, 0.25) is 0 Å². The van der Waals surface area contributed by atoms with Crippen LogP contribution in [-0.4, -0.2) is 43.5 Å². The lowest BCUT2D eigenvalue weighted by Crippen LogP contribution is -2.37. The lowest BCUT2D eigenvalue weighted by atomic mass is 10.1. The van der Waals surface area contributed by atoms with Crippen LogP contribution in [0.25, 0.3) is 0 Å². The van der Waals surface area contributed by atoms with Gasteiger partial charge in [0.05, 0.1) is 13.2 Å². The quantitative estimate of drug-likeness (QED) is 0.798. The van der Waals surface area contributed by atoms with Crippen LogP contribution in [0.3, 0.4) is 0 Å². The fourth-order valence-electron chi connectivity index (χ4n) is 1.86. The van der Waals surface area contributed by atoms with Crippen molar-refractivity contribution in [3.05, 3.63) is 34.9 Å². The molecule has 0 aliphatic carbocycles. The molecule has 1 saturated heterocycles. The molecule has 100 valence electrons. The summed E-state index contributed by atoms with van der Waals surface area (Å²) in [6, 6.07) is 7.07. The molecule has 1 fully saturated rings. The molecule has 0 spiro atoms. The van der Waals surface area contributed by atoms with Crippen LogP contribution in [0.5, 0.6) is 0 Å². The fourth-order valence-corrected chi connectivity index (χ4v) is 1.99. The number of Topliss-reactive ketones (excluding diaryl/α,β-unsaturated/α-hetero) is 1. The van der Waals surface area contributed by atoms with E-state index in [1.165, 1.54) is 0 Å². The van der Waals surface area contributed by atoms with E-state index < -0.39 is 0 Å². The predicted octanol–water partition coefficient (Wildman–Crippen LogP) is 2.67. The van der Waals surface area contributed by atoms with Gasteiger partial charge in [-0.15, -0.1) is 12.4 Å². The van der Waals surface area contributed by atoms with Gasteiger partial charge >= 0.3 is 0 Å². The molecule has 1 aliphatic rings. The van der Waals surface area contributed by atoms with Crippen LogP contribution in [0.1, 0.15) is 16.8 Å². The van der Waals surface area contributed by atoms with E-state index in [0.29, 0.717) is 11.4 Å². The van der Waals surface area contributed by atoms with Crippen molar-refractivity contribution in [2.75, 3.05) is 32.8 Å². The second-order valence-electron chi connectivity index (χ2n) is 4.13. The Balaban J connectivity index is 0.00000162. The number of benzene rings is 1. The van der Waals surface area contributed by atoms with Crippen molar-refractivity contribution < 1.29 is 9.53 Å². The lowest BCUT2D eigenvalue weighted by molar-refractivity contribution is 0.0370. The van der Waals surface area contributed by atoms with Gasteiger partial charge in [0.1, 0.15) is 0 Å². The van der Waals surface area contributed by atoms with E-state index >= 15 is 0 Å². The molecule has 3 nitrogen and oxygen atoms in total. The summed E-state index contributed by atoms with van der Waals surface area (Å²) in [6.45, 7) is 4.21. The first-order chi connectivity index (χ1) is 8.25. The van der Waals surface area contributed by atoms with E-state index in [9.17, 15) is 4.79 Å². The molecule has 0 amide bonds. The summed E-state index contributed by atoms with van der Waals surface area (Å²) in [7, 11) is 0. The first-order valence-corrected chi connectivity index (χ1v) is 6.22. The van der Waals surface area contributed by atoms with Gasteiger partial charge < -0.3 is 4.74 Å². The molecule has 0 N–H and O–H groups in total. The summed E-state index contributed by atoms with van der Waals surface area (Å²) in [4.78, 5) is 14.2. The molecule has 0 saturated carbocycles. The van der Waals surface area contributed by atoms with Crippen molar-refractivity contribution >= 4 is 29.8 Å². The monoisotopic (exact) mass is 289 g/mol. The maximum Gasteiger partial charge on any atom is 0.164 e. The summed E-state index contributed by atoms with van der Waals surface area (Å²) < 4.78 is 5.26. The van der Waals surface area contributed by atoms with Gasteiger partial charge in [-0.2, -0.15) is 0 Å². The number of halogens is 2. The first kappa shape index (κ1) is 15.4. The Hall–Kier alpha value is -0.610. The van der Waals surface area contributed by atoms with Gasteiger partial charge in [-0.05, 0) is 24.3 Å². The Kier molecular flexibility index (Phi) is 6.65. The van der Waals surface area contributed by atoms with E-state index in [0.717, 1.165) is 38.4 Å². The van der Waals surface area contributed by atoms with Crippen molar-refractivity contribution in [1.29, 1.82) is 0 Å². The minimum atomic E-state index is 0. The van der Waals surface area contributed by atoms with Crippen LogP contribution < -0.4 is 0 Å². The van der Waals surface area contributed by atoms with Crippen LogP contribution in [0.2, 0.25) is 5.02 Å². The molecule has 5 heteroatoms. The standard InChI is InChI=1S/C13H16ClNO2.ClH/c14-12-3-1-11(2-4-12)13(16)5-6-15-7-9-17-10-8-15;/h1-4H,5-10H2;1H. The van der Waals surface area contributed by atoms with Gasteiger partial charge in [-0.25, -0.2) is 0 Å². The maximum absolute atomic E-state index is 11.9. The van der Waals surface area contributed by atoms with Gasteiger partial charge in [0, 0.05) is 36.6 Å². The predicted molar refractivity (Wildman–Crippen MR) is 74.9 cm³/mol. The summed E-state index contributed by atoms with van der Waals surface area (Å²) in [5, 5.41) is 0.662. The number of carbonyl (C=O) groups excluding carboxylic acids is 1. The number of rotatable bonds is 4. The van der Waals surface area contributed by atoms with Crippen LogP contribution in [0, 0.1) is 0 Å². The highest BCUT2D eigenvalue weighted by molar-refractivity contribution is 6.30. The van der Waals surface area contributed by atoms with E-state index in [-0.39, 0.29) is 18.2 Å². The number of morpholine rings is 1. The SMILES string of the molecule is Cl.O=C(CCN1CCOCC1)c1ccc(Cl)cc1. The molecule has 1 aromatic carbocycles. The highest BCUT2D eigenvalue weighted by Gasteiger charge is 2.12. The molecule has 1 aromatic rings. The van der Waals surface area contributed by atoms with Crippen LogP contribution in [-0.2, 0) is 4.74 Å². The summed E-state index contributed by atoms with van der Waals surface area (Å²) in [5.74, 6) is 0.174. The smallest absolute Gasteiger partial charge is 0.164 e. The molecule has 0 radical (unpaired) electrons. The Bertz CT molecular complexity index is 375. The van der Waals surface area contributed by atoms with E-state index in [4.69, 9.17) is 16.3 Å². The molecule has 0 atom stereocenters. The third-order valence-corrected chi connectivity index (χ3v) is 3.18. The molecular weight excluding hydrogens is 273 g/mol. The number of hydrogen-bond acceptors (Lipinski definition) is 3. The molecule has 18 heavy (non-hydrogen) atoms. The van der Waals surface area contributed by atoms with Crippen molar-refractivity contribution in [2.45, 2.75) is 6.42 Å². The normalized spacial score (nSPS) is 16.1. The Morgan fingerprint density at radius 1 is 1.22 bits per heavy atom. The van der Waals surface area contributed by atoms with E-state index in [1.54, 1.807) is 24.3 Å². The fraction of sp³-hybridized carbons (Fsp3) is 0.462. The van der Waals surface area contributed by atoms with Gasteiger partial charge in [-0.1, -0.05) is 11.6 Å². The first-order valence-electron chi connectivity index (χ1n) is 5.84. The summed E-state index contributed by atoms with van der Waals surface area (Å²) in [6.07, 6.45) is 0.557. The molecule has 0 aromatic heterocycles. The Morgan fingerprint density at radius 3 is 2.44 bits per heavy atom. The minimum Gasteiger partial charge on any atom is -0.379 e. The highest BCUT2D eigenvalue weighted by Crippen LogP contribution is 2.11. The lowest BCUT2D eigenvalue weighted by Gasteiger charge is -2.26. The number of ether oxygens (including phenoxy) is 1. The zero-order valence-electron chi connectivity index (χ0n) is 10.1. The average Bonchev–Trinajstić information content (AvgIpc) is 2.38. The van der Waals surface area contributed by atoms with Crippen molar-refractivity contribution in [3.8, 4) is 0 Å². The second-order valence-corrected chi connectivity index (χ2v) is 4.57. The molecule has 0 bridgehead atoms. The topological polar surface area (TPSA) is 29.5 Å². The number of nitrogens with zero attached hydrogens (tertiary/aromatic N) is 1. The molecule has 1 heterocycles. The van der Waals surface area contributed by atoms with Crippen LogP contribution >= 0.6 is 24.0 Å². The van der Waals surface area contributed by atoms with E-state index in [2.05, 4.69) is 4.90 Å². The third-order valence-electron chi connectivity index (χ3n) is 2.92. The van der Waals surface area contributed by atoms with Crippen molar-refractivity contribution in [3.63, 3.8) is 0 Å². The van der Waals surface area contributed by atoms with Crippen molar-refractivity contribution in [1.82, 2.24) is 4.90 Å². The van der Waals surface area contributed by atoms with Gasteiger partial charge in [0.25, 0.3) is 0 Å². The third kappa shape index (κ3) is 4.58. The largest absolute Gasteiger partial charge is 0.379 e. The summed E-state index contributed by atoms with van der Waals surface area (Å²) >= 11 is 5.78.